The summed E-state index contributed by atoms with van der Waals surface area (Å²) in [5.74, 6) is -0.575. The molecule has 1 aromatic heterocycles. The maximum atomic E-state index is 12.0. The van der Waals surface area contributed by atoms with Crippen molar-refractivity contribution >= 4 is 40.6 Å². The van der Waals surface area contributed by atoms with E-state index < -0.39 is 10.8 Å². The van der Waals surface area contributed by atoms with Crippen LogP contribution in [0.2, 0.25) is 5.02 Å². The molecule has 10 heteroatoms. The summed E-state index contributed by atoms with van der Waals surface area (Å²) < 4.78 is 0. The number of nitrogens with zero attached hydrogens (tertiary/aromatic N) is 3. The van der Waals surface area contributed by atoms with Crippen LogP contribution in [0.25, 0.3) is 0 Å². The minimum atomic E-state index is -0.644. The van der Waals surface area contributed by atoms with Crippen LogP contribution in [0, 0.1) is 10.1 Å². The van der Waals surface area contributed by atoms with Crippen molar-refractivity contribution in [2.75, 3.05) is 5.32 Å². The first-order chi connectivity index (χ1) is 12.4. The first kappa shape index (κ1) is 19.0. The number of hydrogen-bond acceptors (Lipinski definition) is 6. The number of amides is 2. The average Bonchev–Trinajstić information content (AvgIpc) is 2.60. The van der Waals surface area contributed by atoms with Crippen molar-refractivity contribution in [3.05, 3.63) is 63.3 Å². The second-order valence-electron chi connectivity index (χ2n) is 5.15. The zero-order chi connectivity index (χ0) is 19.1. The Morgan fingerprint density at radius 3 is 2.69 bits per heavy atom. The molecule has 0 saturated heterocycles. The average molecular weight is 376 g/mol. The summed E-state index contributed by atoms with van der Waals surface area (Å²) in [7, 11) is 0. The van der Waals surface area contributed by atoms with Gasteiger partial charge in [-0.15, -0.1) is 0 Å². The van der Waals surface area contributed by atoms with Gasteiger partial charge in [0, 0.05) is 24.0 Å². The van der Waals surface area contributed by atoms with Crippen LogP contribution < -0.4 is 10.7 Å². The fourth-order valence-corrected chi connectivity index (χ4v) is 2.16. The Labute approximate surface area is 153 Å². The molecule has 0 saturated carbocycles. The van der Waals surface area contributed by atoms with E-state index >= 15 is 0 Å². The molecule has 0 radical (unpaired) electrons. The lowest BCUT2D eigenvalue weighted by atomic mass is 10.2. The lowest BCUT2D eigenvalue weighted by Gasteiger charge is -2.05. The van der Waals surface area contributed by atoms with Crippen LogP contribution in [0.1, 0.15) is 23.7 Å². The number of carbonyl (C=O) groups excluding carboxylic acids is 2. The molecule has 0 fully saturated rings. The number of non-ortho nitro benzene ring substituents is 1. The van der Waals surface area contributed by atoms with Crippen molar-refractivity contribution in [1.29, 1.82) is 0 Å². The van der Waals surface area contributed by atoms with E-state index in [4.69, 9.17) is 11.6 Å². The van der Waals surface area contributed by atoms with E-state index in [-0.39, 0.29) is 28.6 Å². The van der Waals surface area contributed by atoms with Gasteiger partial charge in [0.1, 0.15) is 5.82 Å². The molecule has 1 heterocycles. The van der Waals surface area contributed by atoms with Gasteiger partial charge in [0.05, 0.1) is 21.9 Å². The minimum Gasteiger partial charge on any atom is -0.310 e. The molecule has 26 heavy (non-hydrogen) atoms. The Kier molecular flexibility index (Phi) is 6.34. The Balaban J connectivity index is 1.94. The van der Waals surface area contributed by atoms with Gasteiger partial charge in [0.25, 0.3) is 11.6 Å². The molecule has 0 aliphatic carbocycles. The second kappa shape index (κ2) is 8.67. The predicted octanol–water partition coefficient (Wildman–Crippen LogP) is 2.78. The van der Waals surface area contributed by atoms with Crippen molar-refractivity contribution in [2.24, 2.45) is 5.10 Å². The SMILES string of the molecule is C/C(CC(=O)Nc1ccccn1)=N/NC(=O)c1ccc([N+](=O)[O-])cc1Cl. The van der Waals surface area contributed by atoms with E-state index in [0.29, 0.717) is 11.5 Å². The molecule has 0 aliphatic heterocycles. The van der Waals surface area contributed by atoms with E-state index in [9.17, 15) is 19.7 Å². The molecule has 0 spiro atoms. The smallest absolute Gasteiger partial charge is 0.272 e. The summed E-state index contributed by atoms with van der Waals surface area (Å²) >= 11 is 5.87. The first-order valence-electron chi connectivity index (χ1n) is 7.35. The van der Waals surface area contributed by atoms with Gasteiger partial charge in [0.2, 0.25) is 5.91 Å². The monoisotopic (exact) mass is 375 g/mol. The third-order valence-corrected chi connectivity index (χ3v) is 3.42. The number of pyridine rings is 1. The number of aromatic nitrogens is 1. The summed E-state index contributed by atoms with van der Waals surface area (Å²) in [6.07, 6.45) is 1.50. The number of rotatable bonds is 6. The van der Waals surface area contributed by atoms with Gasteiger partial charge >= 0.3 is 0 Å². The molecular weight excluding hydrogens is 362 g/mol. The van der Waals surface area contributed by atoms with E-state index in [1.165, 1.54) is 6.07 Å². The number of nitrogens with one attached hydrogen (secondary N) is 2. The summed E-state index contributed by atoms with van der Waals surface area (Å²) in [5.41, 5.74) is 2.42. The molecule has 134 valence electrons. The van der Waals surface area contributed by atoms with E-state index in [0.717, 1.165) is 12.1 Å². The molecule has 0 unspecified atom stereocenters. The van der Waals surface area contributed by atoms with Crippen molar-refractivity contribution in [2.45, 2.75) is 13.3 Å². The Bertz CT molecular complexity index is 870. The molecule has 0 atom stereocenters. The van der Waals surface area contributed by atoms with Crippen LogP contribution in [0.3, 0.4) is 0 Å². The zero-order valence-corrected chi connectivity index (χ0v) is 14.4. The van der Waals surface area contributed by atoms with Crippen molar-refractivity contribution < 1.29 is 14.5 Å². The molecule has 2 amide bonds. The van der Waals surface area contributed by atoms with E-state index in [1.54, 1.807) is 31.3 Å². The van der Waals surface area contributed by atoms with Crippen LogP contribution in [-0.2, 0) is 4.79 Å². The molecular formula is C16H14ClN5O4. The van der Waals surface area contributed by atoms with Gasteiger partial charge in [-0.3, -0.25) is 19.7 Å². The normalized spacial score (nSPS) is 10.9. The lowest BCUT2D eigenvalue weighted by Crippen LogP contribution is -2.22. The van der Waals surface area contributed by atoms with E-state index in [2.05, 4.69) is 20.8 Å². The number of benzene rings is 1. The number of anilines is 1. The fourth-order valence-electron chi connectivity index (χ4n) is 1.90. The Morgan fingerprint density at radius 1 is 1.31 bits per heavy atom. The second-order valence-corrected chi connectivity index (χ2v) is 5.56. The first-order valence-corrected chi connectivity index (χ1v) is 7.73. The largest absolute Gasteiger partial charge is 0.310 e. The van der Waals surface area contributed by atoms with E-state index in [1.807, 2.05) is 0 Å². The summed E-state index contributed by atoms with van der Waals surface area (Å²) in [5, 5.41) is 17.0. The highest BCUT2D eigenvalue weighted by molar-refractivity contribution is 6.34. The third kappa shape index (κ3) is 5.35. The summed E-state index contributed by atoms with van der Waals surface area (Å²) in [4.78, 5) is 37.9. The van der Waals surface area contributed by atoms with Crippen molar-refractivity contribution in [3.63, 3.8) is 0 Å². The maximum Gasteiger partial charge on any atom is 0.272 e. The highest BCUT2D eigenvalue weighted by atomic mass is 35.5. The summed E-state index contributed by atoms with van der Waals surface area (Å²) in [6, 6.07) is 8.57. The third-order valence-electron chi connectivity index (χ3n) is 3.11. The lowest BCUT2D eigenvalue weighted by molar-refractivity contribution is -0.384. The molecule has 2 aromatic rings. The Hall–Kier alpha value is -3.33. The van der Waals surface area contributed by atoms with Crippen molar-refractivity contribution in [1.82, 2.24) is 10.4 Å². The van der Waals surface area contributed by atoms with Gasteiger partial charge < -0.3 is 5.32 Å². The van der Waals surface area contributed by atoms with Gasteiger partial charge in [-0.05, 0) is 25.1 Å². The van der Waals surface area contributed by atoms with Crippen LogP contribution in [0.4, 0.5) is 11.5 Å². The number of hydrazone groups is 1. The standard InChI is InChI=1S/C16H14ClN5O4/c1-10(8-15(23)19-14-4-2-3-7-18-14)20-21-16(24)12-6-5-11(22(25)26)9-13(12)17/h2-7,9H,8H2,1H3,(H,21,24)(H,18,19,23)/b20-10-. The van der Waals surface area contributed by atoms with Crippen LogP contribution in [-0.4, -0.2) is 27.4 Å². The highest BCUT2D eigenvalue weighted by Gasteiger charge is 2.15. The highest BCUT2D eigenvalue weighted by Crippen LogP contribution is 2.22. The maximum absolute atomic E-state index is 12.0. The van der Waals surface area contributed by atoms with Gasteiger partial charge in [-0.1, -0.05) is 17.7 Å². The number of carbonyl (C=O) groups is 2. The van der Waals surface area contributed by atoms with Crippen LogP contribution in [0.15, 0.2) is 47.7 Å². The van der Waals surface area contributed by atoms with Crippen molar-refractivity contribution in [3.8, 4) is 0 Å². The van der Waals surface area contributed by atoms with Crippen LogP contribution >= 0.6 is 11.6 Å². The molecule has 2 N–H and O–H groups in total. The van der Waals surface area contributed by atoms with Gasteiger partial charge in [0.15, 0.2) is 0 Å². The molecule has 0 aliphatic rings. The molecule has 9 nitrogen and oxygen atoms in total. The van der Waals surface area contributed by atoms with Gasteiger partial charge in [-0.2, -0.15) is 5.10 Å². The number of halogens is 1. The number of hydrogen-bond donors (Lipinski definition) is 2. The topological polar surface area (TPSA) is 127 Å². The predicted molar refractivity (Wildman–Crippen MR) is 96.2 cm³/mol. The summed E-state index contributed by atoms with van der Waals surface area (Å²) in [6.45, 7) is 1.57. The quantitative estimate of drug-likeness (QED) is 0.456. The Morgan fingerprint density at radius 2 is 2.08 bits per heavy atom. The minimum absolute atomic E-state index is 0.0340. The molecule has 2 rings (SSSR count). The number of nitro benzene ring substituents is 1. The fraction of sp³-hybridized carbons (Fsp3) is 0.125. The zero-order valence-electron chi connectivity index (χ0n) is 13.6. The molecule has 0 bridgehead atoms. The molecule has 1 aromatic carbocycles. The number of nitro groups is 1. The van der Waals surface area contributed by atoms with Crippen LogP contribution in [0.5, 0.6) is 0 Å². The van der Waals surface area contributed by atoms with Gasteiger partial charge in [-0.25, -0.2) is 10.4 Å².